The van der Waals surface area contributed by atoms with Gasteiger partial charge in [-0.3, -0.25) is 0 Å². The molecule has 2 aromatic carbocycles. The van der Waals surface area contributed by atoms with E-state index in [4.69, 9.17) is 23.2 Å². The third-order valence-corrected chi connectivity index (χ3v) is 3.59. The summed E-state index contributed by atoms with van der Waals surface area (Å²) in [5.74, 6) is -0.273. The molecule has 0 unspecified atom stereocenters. The Balaban J connectivity index is 2.65. The first-order valence-corrected chi connectivity index (χ1v) is 6.02. The number of aromatic hydroxyl groups is 1. The maximum Gasteiger partial charge on any atom is 0.332 e. The average Bonchev–Trinajstić information content (AvgIpc) is 2.38. The summed E-state index contributed by atoms with van der Waals surface area (Å²) in [5, 5.41) is 34.5. The fourth-order valence-corrected chi connectivity index (χ4v) is 2.31. The summed E-state index contributed by atoms with van der Waals surface area (Å²) in [6.07, 6.45) is 0. The summed E-state index contributed by atoms with van der Waals surface area (Å²) >= 11 is 11.7. The number of nitrogens with zero attached hydrogens (tertiary/aromatic N) is 2. The van der Waals surface area contributed by atoms with Crippen molar-refractivity contribution in [3.05, 3.63) is 50.8 Å². The van der Waals surface area contributed by atoms with E-state index in [1.165, 1.54) is 30.3 Å². The van der Waals surface area contributed by atoms with Gasteiger partial charge in [0.05, 0.1) is 10.0 Å². The molecule has 0 bridgehead atoms. The van der Waals surface area contributed by atoms with Gasteiger partial charge >= 0.3 is 5.52 Å². The average molecular weight is 297 g/mol. The second-order valence-electron chi connectivity index (χ2n) is 3.99. The van der Waals surface area contributed by atoms with Crippen LogP contribution >= 0.6 is 23.2 Å². The van der Waals surface area contributed by atoms with Crippen molar-refractivity contribution in [1.29, 1.82) is 0 Å². The first-order chi connectivity index (χ1) is 9.00. The van der Waals surface area contributed by atoms with Crippen LogP contribution in [0.25, 0.3) is 22.1 Å². The first-order valence-electron chi connectivity index (χ1n) is 5.26. The van der Waals surface area contributed by atoms with Crippen LogP contribution in [0.15, 0.2) is 30.3 Å². The highest BCUT2D eigenvalue weighted by Crippen LogP contribution is 2.27. The van der Waals surface area contributed by atoms with Gasteiger partial charge in [0.2, 0.25) is 0 Å². The normalized spacial score (nSPS) is 11.3. The van der Waals surface area contributed by atoms with Crippen LogP contribution in [-0.4, -0.2) is 5.11 Å². The monoisotopic (exact) mass is 296 g/mol. The van der Waals surface area contributed by atoms with E-state index >= 15 is 0 Å². The molecule has 0 spiro atoms. The lowest BCUT2D eigenvalue weighted by atomic mass is 10.2. The Kier molecular flexibility index (Phi) is 2.55. The van der Waals surface area contributed by atoms with E-state index in [9.17, 15) is 15.5 Å². The molecule has 96 valence electrons. The lowest BCUT2D eigenvalue weighted by Gasteiger charge is -2.08. The van der Waals surface area contributed by atoms with Crippen LogP contribution in [0.1, 0.15) is 0 Å². The minimum absolute atomic E-state index is 0.0402. The lowest BCUT2D eigenvalue weighted by Crippen LogP contribution is -2.39. The highest BCUT2D eigenvalue weighted by Gasteiger charge is 2.25. The van der Waals surface area contributed by atoms with Crippen molar-refractivity contribution in [3.63, 3.8) is 0 Å². The van der Waals surface area contributed by atoms with Crippen molar-refractivity contribution in [2.45, 2.75) is 0 Å². The molecule has 0 amide bonds. The van der Waals surface area contributed by atoms with Crippen LogP contribution < -0.4 is 9.46 Å². The molecule has 0 aliphatic heterocycles. The van der Waals surface area contributed by atoms with Crippen molar-refractivity contribution in [2.24, 2.45) is 0 Å². The number of para-hydroxylation sites is 1. The molecule has 0 saturated heterocycles. The summed E-state index contributed by atoms with van der Waals surface area (Å²) in [6.45, 7) is 0. The Labute approximate surface area is 117 Å². The Bertz CT molecular complexity index is 836. The summed E-state index contributed by atoms with van der Waals surface area (Å²) in [5.41, 5.74) is 0.0742. The third-order valence-electron chi connectivity index (χ3n) is 2.87. The van der Waals surface area contributed by atoms with E-state index in [2.05, 4.69) is 0 Å². The van der Waals surface area contributed by atoms with Gasteiger partial charge < -0.3 is 15.5 Å². The number of aromatic nitrogens is 2. The molecule has 7 heteroatoms. The maximum absolute atomic E-state index is 12.2. The number of halogens is 2. The van der Waals surface area contributed by atoms with Crippen LogP contribution in [-0.2, 0) is 0 Å². The molecule has 0 aliphatic carbocycles. The Morgan fingerprint density at radius 3 is 2.11 bits per heavy atom. The number of hydrogen-bond acceptors (Lipinski definition) is 3. The van der Waals surface area contributed by atoms with E-state index in [1.54, 1.807) is 0 Å². The van der Waals surface area contributed by atoms with E-state index < -0.39 is 0 Å². The fraction of sp³-hybridized carbons (Fsp3) is 0. The zero-order valence-corrected chi connectivity index (χ0v) is 10.8. The molecule has 0 fully saturated rings. The van der Waals surface area contributed by atoms with Crippen LogP contribution in [0.5, 0.6) is 5.75 Å². The predicted molar refractivity (Wildman–Crippen MR) is 71.1 cm³/mol. The molecule has 3 rings (SSSR count). The highest BCUT2D eigenvalue weighted by molar-refractivity contribution is 6.42. The fourth-order valence-electron chi connectivity index (χ4n) is 1.99. The van der Waals surface area contributed by atoms with Gasteiger partial charge in [-0.15, -0.1) is 0 Å². The van der Waals surface area contributed by atoms with Crippen molar-refractivity contribution in [2.75, 3.05) is 0 Å². The topological polar surface area (TPSA) is 74.1 Å². The lowest BCUT2D eigenvalue weighted by molar-refractivity contribution is -0.591. The standard InChI is InChI=1S/C12H6Cl2N2O3/c13-6-4-9-10(5-7(6)14)16(19)12-8(15(9)18)2-1-3-11(12)17/h1-5,17H. The second-order valence-corrected chi connectivity index (χ2v) is 4.80. The largest absolute Gasteiger partial charge is 0.617 e. The Morgan fingerprint density at radius 2 is 1.47 bits per heavy atom. The van der Waals surface area contributed by atoms with Gasteiger partial charge in [0.1, 0.15) is 0 Å². The van der Waals surface area contributed by atoms with Gasteiger partial charge in [0.25, 0.3) is 16.6 Å². The zero-order valence-electron chi connectivity index (χ0n) is 9.30. The van der Waals surface area contributed by atoms with E-state index in [0.29, 0.717) is 9.46 Å². The third kappa shape index (κ3) is 1.63. The minimum atomic E-state index is -0.273. The van der Waals surface area contributed by atoms with Crippen molar-refractivity contribution < 1.29 is 14.6 Å². The van der Waals surface area contributed by atoms with Crippen molar-refractivity contribution in [3.8, 4) is 5.75 Å². The maximum atomic E-state index is 12.2. The van der Waals surface area contributed by atoms with Crippen LogP contribution in [0.2, 0.25) is 10.0 Å². The van der Waals surface area contributed by atoms with Crippen LogP contribution in [0.4, 0.5) is 0 Å². The van der Waals surface area contributed by atoms with E-state index in [1.807, 2.05) is 0 Å². The number of benzene rings is 2. The quantitative estimate of drug-likeness (QED) is 0.393. The predicted octanol–water partition coefficient (Wildman–Crippen LogP) is 2.27. The van der Waals surface area contributed by atoms with Crippen molar-refractivity contribution in [1.82, 2.24) is 0 Å². The molecule has 1 heterocycles. The number of hydrogen-bond donors (Lipinski definition) is 1. The molecule has 0 radical (unpaired) electrons. The van der Waals surface area contributed by atoms with Crippen LogP contribution in [0, 0.1) is 10.4 Å². The summed E-state index contributed by atoms with van der Waals surface area (Å²) in [4.78, 5) is 0. The molecular weight excluding hydrogens is 291 g/mol. The number of phenolic OH excluding ortho intramolecular Hbond substituents is 1. The van der Waals surface area contributed by atoms with Crippen molar-refractivity contribution >= 4 is 45.3 Å². The molecule has 0 saturated carbocycles. The van der Waals surface area contributed by atoms with Gasteiger partial charge in [0, 0.05) is 18.2 Å². The van der Waals surface area contributed by atoms with Gasteiger partial charge in [-0.05, 0) is 6.07 Å². The number of fused-ring (bicyclic) bond motifs is 2. The molecule has 0 aliphatic rings. The minimum Gasteiger partial charge on any atom is -0.617 e. The number of phenols is 1. The van der Waals surface area contributed by atoms with Gasteiger partial charge in [-0.25, -0.2) is 0 Å². The SMILES string of the molecule is [O-][n+]1c2cc(Cl)c(Cl)cc2[n+]([O-])c2c(O)cccc21. The molecule has 1 aromatic heterocycles. The summed E-state index contributed by atoms with van der Waals surface area (Å²) in [6, 6.07) is 6.88. The van der Waals surface area contributed by atoms with E-state index in [-0.39, 0.29) is 37.9 Å². The molecule has 5 nitrogen and oxygen atoms in total. The summed E-state index contributed by atoms with van der Waals surface area (Å²) in [7, 11) is 0. The van der Waals surface area contributed by atoms with Gasteiger partial charge in [-0.2, -0.15) is 9.46 Å². The number of rotatable bonds is 0. The van der Waals surface area contributed by atoms with E-state index in [0.717, 1.165) is 0 Å². The Hall–Kier alpha value is -1.98. The molecule has 19 heavy (non-hydrogen) atoms. The second kappa shape index (κ2) is 4.01. The summed E-state index contributed by atoms with van der Waals surface area (Å²) < 4.78 is 1.01. The smallest absolute Gasteiger partial charge is 0.332 e. The highest BCUT2D eigenvalue weighted by atomic mass is 35.5. The zero-order chi connectivity index (χ0) is 13.7. The van der Waals surface area contributed by atoms with Gasteiger partial charge in [-0.1, -0.05) is 29.3 Å². The molecule has 1 N–H and O–H groups in total. The molecular formula is C12H6Cl2N2O3. The van der Waals surface area contributed by atoms with Crippen LogP contribution in [0.3, 0.4) is 0 Å². The van der Waals surface area contributed by atoms with Gasteiger partial charge in [0.15, 0.2) is 5.75 Å². The molecule has 3 aromatic rings. The first kappa shape index (κ1) is 12.1. The molecule has 0 atom stereocenters. The Morgan fingerprint density at radius 1 is 0.895 bits per heavy atom.